The van der Waals surface area contributed by atoms with E-state index in [1.807, 2.05) is 6.92 Å². The van der Waals surface area contributed by atoms with Crippen molar-refractivity contribution in [2.75, 3.05) is 38.2 Å². The van der Waals surface area contributed by atoms with Gasteiger partial charge < -0.3 is 14.8 Å². The van der Waals surface area contributed by atoms with Crippen molar-refractivity contribution in [3.05, 3.63) is 59.7 Å². The van der Waals surface area contributed by atoms with E-state index in [9.17, 15) is 18.0 Å². The smallest absolute Gasteiger partial charge is 0.338 e. The van der Waals surface area contributed by atoms with Gasteiger partial charge in [-0.3, -0.25) is 4.79 Å². The van der Waals surface area contributed by atoms with Gasteiger partial charge >= 0.3 is 5.97 Å². The van der Waals surface area contributed by atoms with Gasteiger partial charge in [-0.15, -0.1) is 0 Å². The standard InChI is InChI=1S/C22H26N2O6S/c1-2-3-14-30-22(26)18-4-8-19(9-5-18)23-21(25)17-6-10-20(11-7-17)31(27,28)24-12-15-29-16-13-24/h4-11H,2-3,12-16H2,1H3,(H,23,25). The summed E-state index contributed by atoms with van der Waals surface area (Å²) in [6.45, 7) is 3.76. The summed E-state index contributed by atoms with van der Waals surface area (Å²) in [5.74, 6) is -0.781. The lowest BCUT2D eigenvalue weighted by Gasteiger charge is -2.26. The fraction of sp³-hybridized carbons (Fsp3) is 0.364. The number of morpholine rings is 1. The van der Waals surface area contributed by atoms with E-state index in [1.54, 1.807) is 24.3 Å². The Morgan fingerprint density at radius 1 is 1.00 bits per heavy atom. The second-order valence-corrected chi connectivity index (χ2v) is 9.00. The molecule has 1 saturated heterocycles. The first-order valence-corrected chi connectivity index (χ1v) is 11.6. The Bertz CT molecular complexity index is 997. The number of ether oxygens (including phenoxy) is 2. The molecule has 2 aromatic carbocycles. The van der Waals surface area contributed by atoms with E-state index in [4.69, 9.17) is 9.47 Å². The zero-order valence-electron chi connectivity index (χ0n) is 17.4. The summed E-state index contributed by atoms with van der Waals surface area (Å²) >= 11 is 0. The third-order valence-electron chi connectivity index (χ3n) is 4.83. The molecule has 1 heterocycles. The molecule has 9 heteroatoms. The van der Waals surface area contributed by atoms with Crippen molar-refractivity contribution in [3.63, 3.8) is 0 Å². The summed E-state index contributed by atoms with van der Waals surface area (Å²) < 4.78 is 37.0. The Morgan fingerprint density at radius 3 is 2.23 bits per heavy atom. The van der Waals surface area contributed by atoms with Crippen molar-refractivity contribution >= 4 is 27.6 Å². The van der Waals surface area contributed by atoms with Crippen LogP contribution in [0, 0.1) is 0 Å². The van der Waals surface area contributed by atoms with E-state index in [2.05, 4.69) is 5.32 Å². The first kappa shape index (κ1) is 22.9. The largest absolute Gasteiger partial charge is 0.462 e. The number of nitrogens with zero attached hydrogens (tertiary/aromatic N) is 1. The molecule has 1 fully saturated rings. The van der Waals surface area contributed by atoms with E-state index in [0.717, 1.165) is 12.8 Å². The fourth-order valence-corrected chi connectivity index (χ4v) is 4.41. The van der Waals surface area contributed by atoms with Crippen molar-refractivity contribution in [1.82, 2.24) is 4.31 Å². The van der Waals surface area contributed by atoms with E-state index in [0.29, 0.717) is 49.7 Å². The van der Waals surface area contributed by atoms with Crippen LogP contribution < -0.4 is 5.32 Å². The summed E-state index contributed by atoms with van der Waals surface area (Å²) in [6, 6.07) is 12.2. The SMILES string of the molecule is CCCCOC(=O)c1ccc(NC(=O)c2ccc(S(=O)(=O)N3CCOCC3)cc2)cc1. The van der Waals surface area contributed by atoms with Crippen molar-refractivity contribution in [3.8, 4) is 0 Å². The summed E-state index contributed by atoms with van der Waals surface area (Å²) in [7, 11) is -3.61. The molecule has 2 aromatic rings. The highest BCUT2D eigenvalue weighted by Crippen LogP contribution is 2.19. The van der Waals surface area contributed by atoms with E-state index < -0.39 is 16.0 Å². The third-order valence-corrected chi connectivity index (χ3v) is 6.75. The molecule has 1 N–H and O–H groups in total. The van der Waals surface area contributed by atoms with Gasteiger partial charge in [0.05, 0.1) is 30.3 Å². The number of amides is 1. The molecule has 0 aromatic heterocycles. The number of sulfonamides is 1. The summed E-state index contributed by atoms with van der Waals surface area (Å²) in [5, 5.41) is 2.73. The Balaban J connectivity index is 1.61. The number of unbranched alkanes of at least 4 members (excludes halogenated alkanes) is 1. The highest BCUT2D eigenvalue weighted by molar-refractivity contribution is 7.89. The molecule has 0 saturated carbocycles. The van der Waals surface area contributed by atoms with Gasteiger partial charge in [0.1, 0.15) is 0 Å². The highest BCUT2D eigenvalue weighted by atomic mass is 32.2. The molecule has 3 rings (SSSR count). The van der Waals surface area contributed by atoms with Gasteiger partial charge in [-0.2, -0.15) is 4.31 Å². The first-order valence-electron chi connectivity index (χ1n) is 10.2. The van der Waals surface area contributed by atoms with Crippen LogP contribution in [0.15, 0.2) is 53.4 Å². The maximum atomic E-state index is 12.7. The van der Waals surface area contributed by atoms with Crippen molar-refractivity contribution < 1.29 is 27.5 Å². The molecule has 1 aliphatic heterocycles. The van der Waals surface area contributed by atoms with Crippen LogP contribution >= 0.6 is 0 Å². The second-order valence-electron chi connectivity index (χ2n) is 7.06. The molecule has 31 heavy (non-hydrogen) atoms. The first-order chi connectivity index (χ1) is 14.9. The number of carbonyl (C=O) groups is 2. The average molecular weight is 447 g/mol. The summed E-state index contributed by atoms with van der Waals surface area (Å²) in [6.07, 6.45) is 1.75. The van der Waals surface area contributed by atoms with Gasteiger partial charge in [0.2, 0.25) is 10.0 Å². The van der Waals surface area contributed by atoms with Crippen LogP contribution in [0.1, 0.15) is 40.5 Å². The van der Waals surface area contributed by atoms with Gasteiger partial charge in [-0.25, -0.2) is 13.2 Å². The van der Waals surface area contributed by atoms with Crippen LogP contribution in [-0.4, -0.2) is 57.5 Å². The number of esters is 1. The highest BCUT2D eigenvalue weighted by Gasteiger charge is 2.26. The topological polar surface area (TPSA) is 102 Å². The zero-order chi connectivity index (χ0) is 22.3. The number of carbonyl (C=O) groups excluding carboxylic acids is 2. The van der Waals surface area contributed by atoms with E-state index in [-0.39, 0.29) is 10.8 Å². The predicted molar refractivity (Wildman–Crippen MR) is 116 cm³/mol. The molecule has 1 amide bonds. The van der Waals surface area contributed by atoms with Gasteiger partial charge in [0, 0.05) is 24.3 Å². The molecule has 0 radical (unpaired) electrons. The average Bonchev–Trinajstić information content (AvgIpc) is 2.80. The summed E-state index contributed by atoms with van der Waals surface area (Å²) in [4.78, 5) is 24.6. The van der Waals surface area contributed by atoms with Gasteiger partial charge in [-0.05, 0) is 55.0 Å². The summed E-state index contributed by atoms with van der Waals surface area (Å²) in [5.41, 5.74) is 1.25. The zero-order valence-corrected chi connectivity index (χ0v) is 18.2. The van der Waals surface area contributed by atoms with Gasteiger partial charge in [-0.1, -0.05) is 13.3 Å². The van der Waals surface area contributed by atoms with Gasteiger partial charge in [0.25, 0.3) is 5.91 Å². The molecule has 0 aliphatic carbocycles. The number of nitrogens with one attached hydrogen (secondary N) is 1. The van der Waals surface area contributed by atoms with E-state index in [1.165, 1.54) is 28.6 Å². The quantitative estimate of drug-likeness (QED) is 0.494. The Morgan fingerprint density at radius 2 is 1.61 bits per heavy atom. The minimum absolute atomic E-state index is 0.136. The van der Waals surface area contributed by atoms with Crippen LogP contribution in [0.5, 0.6) is 0 Å². The minimum atomic E-state index is -3.61. The molecule has 1 aliphatic rings. The van der Waals surface area contributed by atoms with Gasteiger partial charge in [0.15, 0.2) is 0 Å². The van der Waals surface area contributed by atoms with Crippen LogP contribution in [0.2, 0.25) is 0 Å². The number of rotatable bonds is 8. The number of anilines is 1. The molecular formula is C22H26N2O6S. The molecular weight excluding hydrogens is 420 g/mol. The maximum absolute atomic E-state index is 12.7. The van der Waals surface area contributed by atoms with Crippen molar-refractivity contribution in [2.45, 2.75) is 24.7 Å². The number of hydrogen-bond donors (Lipinski definition) is 1. The molecule has 0 atom stereocenters. The third kappa shape index (κ3) is 5.90. The molecule has 166 valence electrons. The monoisotopic (exact) mass is 446 g/mol. The van der Waals surface area contributed by atoms with Crippen LogP contribution in [-0.2, 0) is 19.5 Å². The second kappa shape index (κ2) is 10.5. The van der Waals surface area contributed by atoms with Crippen molar-refractivity contribution in [2.24, 2.45) is 0 Å². The lowest BCUT2D eigenvalue weighted by molar-refractivity contribution is 0.0499. The Kier molecular flexibility index (Phi) is 7.78. The maximum Gasteiger partial charge on any atom is 0.338 e. The molecule has 0 unspecified atom stereocenters. The normalized spacial score (nSPS) is 14.7. The molecule has 0 spiro atoms. The van der Waals surface area contributed by atoms with Crippen LogP contribution in [0.25, 0.3) is 0 Å². The minimum Gasteiger partial charge on any atom is -0.462 e. The lowest BCUT2D eigenvalue weighted by atomic mass is 10.2. The van der Waals surface area contributed by atoms with Crippen molar-refractivity contribution in [1.29, 1.82) is 0 Å². The Labute approximate surface area is 182 Å². The van der Waals surface area contributed by atoms with E-state index >= 15 is 0 Å². The predicted octanol–water partition coefficient (Wildman–Crippen LogP) is 2.92. The lowest BCUT2D eigenvalue weighted by Crippen LogP contribution is -2.40. The fourth-order valence-electron chi connectivity index (χ4n) is 3.00. The van der Waals surface area contributed by atoms with Crippen LogP contribution in [0.3, 0.4) is 0 Å². The molecule has 0 bridgehead atoms. The molecule has 8 nitrogen and oxygen atoms in total. The number of hydrogen-bond acceptors (Lipinski definition) is 6. The number of benzene rings is 2. The van der Waals surface area contributed by atoms with Crippen LogP contribution in [0.4, 0.5) is 5.69 Å². The Hall–Kier alpha value is -2.75.